The fourth-order valence-electron chi connectivity index (χ4n) is 3.52. The maximum absolute atomic E-state index is 14.1. The smallest absolute Gasteiger partial charge is 0.432 e. The lowest BCUT2D eigenvalue weighted by Gasteiger charge is -2.24. The molecule has 4 aromatic rings. The summed E-state index contributed by atoms with van der Waals surface area (Å²) in [6.07, 6.45) is -0.254. The number of benzene rings is 4. The fraction of sp³-hybridized carbons (Fsp3) is 0.0690. The normalized spacial score (nSPS) is 11.8. The molecule has 0 radical (unpaired) electrons. The molecule has 6 nitrogen and oxygen atoms in total. The van der Waals surface area contributed by atoms with Gasteiger partial charge in [-0.3, -0.25) is 0 Å². The Bertz CT molecular complexity index is 1280. The summed E-state index contributed by atoms with van der Waals surface area (Å²) in [5, 5.41) is 0. The van der Waals surface area contributed by atoms with Gasteiger partial charge < -0.3 is 13.8 Å². The van der Waals surface area contributed by atoms with Gasteiger partial charge in [0.1, 0.15) is 11.5 Å². The standard InChI is InChI=1S/C29H25O6P/c1-3-29(30)32-22(2)33-36(31,34-27-20-12-10-18-25(27)23-14-6-4-7-15-23)35-28-21-13-11-19-26(28)24-16-8-5-9-17-24/h3-22H,1H2,2H3. The number of rotatable bonds is 10. The third kappa shape index (κ3) is 6.30. The van der Waals surface area contributed by atoms with E-state index in [0.717, 1.165) is 17.2 Å². The SMILES string of the molecule is C=CC(=O)OC(C)OP(=O)(Oc1ccccc1-c1ccccc1)Oc1ccccc1-c1ccccc1. The van der Waals surface area contributed by atoms with Crippen LogP contribution >= 0.6 is 7.82 Å². The van der Waals surface area contributed by atoms with Gasteiger partial charge in [0, 0.05) is 17.2 Å². The molecule has 1 unspecified atom stereocenters. The molecule has 0 heterocycles. The maximum atomic E-state index is 14.1. The molecule has 0 aliphatic carbocycles. The van der Waals surface area contributed by atoms with E-state index >= 15 is 0 Å². The van der Waals surface area contributed by atoms with Gasteiger partial charge >= 0.3 is 13.8 Å². The number of phosphoric ester groups is 1. The molecule has 0 aliphatic heterocycles. The van der Waals surface area contributed by atoms with Crippen LogP contribution in [-0.2, 0) is 18.6 Å². The first-order valence-electron chi connectivity index (χ1n) is 11.3. The molecule has 0 aromatic heterocycles. The lowest BCUT2D eigenvalue weighted by atomic mass is 10.1. The molecule has 0 saturated heterocycles. The van der Waals surface area contributed by atoms with Crippen LogP contribution in [0.4, 0.5) is 0 Å². The van der Waals surface area contributed by atoms with Crippen LogP contribution in [-0.4, -0.2) is 12.3 Å². The van der Waals surface area contributed by atoms with Gasteiger partial charge in [0.25, 0.3) is 0 Å². The van der Waals surface area contributed by atoms with Crippen molar-refractivity contribution in [2.45, 2.75) is 13.2 Å². The Balaban J connectivity index is 1.72. The van der Waals surface area contributed by atoms with Crippen LogP contribution in [0.1, 0.15) is 6.92 Å². The second-order valence-corrected chi connectivity index (χ2v) is 9.14. The van der Waals surface area contributed by atoms with Crippen molar-refractivity contribution in [2.24, 2.45) is 0 Å². The largest absolute Gasteiger partial charge is 0.590 e. The minimum Gasteiger partial charge on any atom is -0.432 e. The van der Waals surface area contributed by atoms with Crippen LogP contribution < -0.4 is 9.05 Å². The van der Waals surface area contributed by atoms with Crippen LogP contribution in [0.25, 0.3) is 22.3 Å². The van der Waals surface area contributed by atoms with E-state index in [9.17, 15) is 9.36 Å². The zero-order chi connectivity index (χ0) is 25.4. The zero-order valence-corrected chi connectivity index (χ0v) is 20.5. The van der Waals surface area contributed by atoms with Crippen molar-refractivity contribution < 1.29 is 27.7 Å². The average molecular weight is 500 g/mol. The molecular weight excluding hydrogens is 475 g/mol. The molecule has 1 atom stereocenters. The zero-order valence-electron chi connectivity index (χ0n) is 19.7. The van der Waals surface area contributed by atoms with Crippen LogP contribution in [0.3, 0.4) is 0 Å². The lowest BCUT2D eigenvalue weighted by molar-refractivity contribution is -0.156. The monoisotopic (exact) mass is 500 g/mol. The predicted octanol–water partition coefficient (Wildman–Crippen LogP) is 7.68. The summed E-state index contributed by atoms with van der Waals surface area (Å²) in [6, 6.07) is 33.3. The summed E-state index contributed by atoms with van der Waals surface area (Å²) in [7, 11) is -4.39. The molecule has 0 bridgehead atoms. The summed E-state index contributed by atoms with van der Waals surface area (Å²) in [5.41, 5.74) is 3.10. The minimum atomic E-state index is -4.39. The van der Waals surface area contributed by atoms with Gasteiger partial charge in [-0.25, -0.2) is 13.9 Å². The predicted molar refractivity (Wildman–Crippen MR) is 139 cm³/mol. The maximum Gasteiger partial charge on any atom is 0.590 e. The highest BCUT2D eigenvalue weighted by atomic mass is 31.2. The molecule has 182 valence electrons. The fourth-order valence-corrected chi connectivity index (χ4v) is 4.85. The Kier molecular flexibility index (Phi) is 8.01. The van der Waals surface area contributed by atoms with E-state index in [4.69, 9.17) is 18.3 Å². The molecule has 36 heavy (non-hydrogen) atoms. The van der Waals surface area contributed by atoms with Crippen molar-refractivity contribution in [3.8, 4) is 33.8 Å². The quantitative estimate of drug-likeness (QED) is 0.0963. The Morgan fingerprint density at radius 3 is 1.58 bits per heavy atom. The second kappa shape index (κ2) is 11.5. The van der Waals surface area contributed by atoms with Gasteiger partial charge in [-0.2, -0.15) is 0 Å². The van der Waals surface area contributed by atoms with Crippen LogP contribution in [0.5, 0.6) is 11.5 Å². The van der Waals surface area contributed by atoms with Gasteiger partial charge in [0.2, 0.25) is 6.29 Å². The first kappa shape index (κ1) is 25.0. The first-order valence-corrected chi connectivity index (χ1v) is 12.7. The molecule has 0 amide bonds. The van der Waals surface area contributed by atoms with E-state index in [1.807, 2.05) is 84.9 Å². The van der Waals surface area contributed by atoms with Gasteiger partial charge in [0.05, 0.1) is 0 Å². The highest BCUT2D eigenvalue weighted by molar-refractivity contribution is 7.49. The van der Waals surface area contributed by atoms with E-state index in [1.54, 1.807) is 24.3 Å². The average Bonchev–Trinajstić information content (AvgIpc) is 2.90. The van der Waals surface area contributed by atoms with Gasteiger partial charge in [0.15, 0.2) is 0 Å². The Morgan fingerprint density at radius 2 is 1.14 bits per heavy atom. The number of para-hydroxylation sites is 2. The third-order valence-corrected chi connectivity index (χ3v) is 6.49. The molecule has 0 spiro atoms. The first-order chi connectivity index (χ1) is 17.5. The second-order valence-electron chi connectivity index (χ2n) is 7.67. The third-order valence-electron chi connectivity index (χ3n) is 5.09. The van der Waals surface area contributed by atoms with Crippen LogP contribution in [0.2, 0.25) is 0 Å². The van der Waals surface area contributed by atoms with Crippen molar-refractivity contribution in [1.82, 2.24) is 0 Å². The van der Waals surface area contributed by atoms with E-state index in [0.29, 0.717) is 11.1 Å². The molecule has 0 aliphatic rings. The number of hydrogen-bond donors (Lipinski definition) is 0. The molecule has 0 saturated carbocycles. The Labute approximate surface area is 210 Å². The summed E-state index contributed by atoms with van der Waals surface area (Å²) in [5.74, 6) is -0.165. The Morgan fingerprint density at radius 1 is 0.722 bits per heavy atom. The number of esters is 1. The van der Waals surface area contributed by atoms with Crippen molar-refractivity contribution in [1.29, 1.82) is 0 Å². The molecule has 4 rings (SSSR count). The Hall–Kier alpha value is -4.12. The highest BCUT2D eigenvalue weighted by Crippen LogP contribution is 2.53. The van der Waals surface area contributed by atoms with Gasteiger partial charge in [-0.1, -0.05) is 104 Å². The van der Waals surface area contributed by atoms with E-state index < -0.39 is 20.1 Å². The topological polar surface area (TPSA) is 71.1 Å². The summed E-state index contributed by atoms with van der Waals surface area (Å²) in [4.78, 5) is 11.7. The van der Waals surface area contributed by atoms with E-state index in [-0.39, 0.29) is 11.5 Å². The van der Waals surface area contributed by atoms with E-state index in [2.05, 4.69) is 6.58 Å². The van der Waals surface area contributed by atoms with Gasteiger partial charge in [-0.05, 0) is 30.2 Å². The van der Waals surface area contributed by atoms with Crippen LogP contribution in [0, 0.1) is 0 Å². The van der Waals surface area contributed by atoms with Gasteiger partial charge in [-0.15, -0.1) is 0 Å². The minimum absolute atomic E-state index is 0.284. The summed E-state index contributed by atoms with van der Waals surface area (Å²) < 4.78 is 36.7. The van der Waals surface area contributed by atoms with E-state index in [1.165, 1.54) is 6.92 Å². The van der Waals surface area contributed by atoms with Crippen LogP contribution in [0.15, 0.2) is 122 Å². The number of ether oxygens (including phenoxy) is 1. The lowest BCUT2D eigenvalue weighted by Crippen LogP contribution is -2.19. The highest BCUT2D eigenvalue weighted by Gasteiger charge is 2.36. The summed E-state index contributed by atoms with van der Waals surface area (Å²) in [6.45, 7) is 4.80. The molecule has 7 heteroatoms. The van der Waals surface area contributed by atoms with Crippen molar-refractivity contribution >= 4 is 13.8 Å². The summed E-state index contributed by atoms with van der Waals surface area (Å²) >= 11 is 0. The molecule has 4 aromatic carbocycles. The molecule has 0 N–H and O–H groups in total. The molecule has 0 fully saturated rings. The number of hydrogen-bond acceptors (Lipinski definition) is 6. The van der Waals surface area contributed by atoms with Crippen molar-refractivity contribution in [3.05, 3.63) is 122 Å². The molecular formula is C29H25O6P. The number of phosphoric acid groups is 1. The number of carbonyl (C=O) groups is 1. The number of carbonyl (C=O) groups excluding carboxylic acids is 1. The van der Waals surface area contributed by atoms with Crippen molar-refractivity contribution in [3.63, 3.8) is 0 Å². The van der Waals surface area contributed by atoms with Crippen molar-refractivity contribution in [2.75, 3.05) is 0 Å².